The summed E-state index contributed by atoms with van der Waals surface area (Å²) < 4.78 is 0. The molecule has 1 aromatic heterocycles. The molecule has 0 unspecified atom stereocenters. The van der Waals surface area contributed by atoms with E-state index in [1.165, 1.54) is 0 Å². The van der Waals surface area contributed by atoms with Gasteiger partial charge in [0.2, 0.25) is 0 Å². The van der Waals surface area contributed by atoms with E-state index >= 15 is 0 Å². The lowest BCUT2D eigenvalue weighted by Gasteiger charge is -2.12. The predicted molar refractivity (Wildman–Crippen MR) is 85.6 cm³/mol. The Morgan fingerprint density at radius 2 is 1.95 bits per heavy atom. The van der Waals surface area contributed by atoms with Crippen LogP contribution < -0.4 is 15.5 Å². The lowest BCUT2D eigenvalue weighted by molar-refractivity contribution is 0.251. The molecule has 0 aliphatic heterocycles. The number of carbonyl (C=O) groups is 1. The van der Waals surface area contributed by atoms with Gasteiger partial charge < -0.3 is 15.5 Å². The van der Waals surface area contributed by atoms with Crippen molar-refractivity contribution in [2.24, 2.45) is 0 Å². The molecule has 5 nitrogen and oxygen atoms in total. The molecule has 0 saturated heterocycles. The maximum Gasteiger partial charge on any atom is 0.319 e. The van der Waals surface area contributed by atoms with E-state index in [9.17, 15) is 4.79 Å². The lowest BCUT2D eigenvalue weighted by atomic mass is 10.1. The second kappa shape index (κ2) is 6.74. The second-order valence-corrected chi connectivity index (χ2v) is 5.03. The van der Waals surface area contributed by atoms with Gasteiger partial charge in [-0.3, -0.25) is 0 Å². The molecule has 0 aliphatic carbocycles. The molecule has 21 heavy (non-hydrogen) atoms. The van der Waals surface area contributed by atoms with Crippen LogP contribution in [0.1, 0.15) is 11.1 Å². The SMILES string of the molecule is Cc1ccccc1CNC(=O)Nc1ccc(N(C)C)nc1. The Morgan fingerprint density at radius 3 is 2.57 bits per heavy atom. The molecule has 2 amide bonds. The monoisotopic (exact) mass is 284 g/mol. The highest BCUT2D eigenvalue weighted by Crippen LogP contribution is 2.11. The summed E-state index contributed by atoms with van der Waals surface area (Å²) in [5.41, 5.74) is 2.94. The van der Waals surface area contributed by atoms with E-state index in [1.807, 2.05) is 62.3 Å². The second-order valence-electron chi connectivity index (χ2n) is 5.03. The Kier molecular flexibility index (Phi) is 4.77. The number of pyridine rings is 1. The molecule has 0 radical (unpaired) electrons. The molecule has 2 N–H and O–H groups in total. The highest BCUT2D eigenvalue weighted by molar-refractivity contribution is 5.89. The zero-order chi connectivity index (χ0) is 15.2. The molecule has 0 bridgehead atoms. The molecular weight excluding hydrogens is 264 g/mol. The standard InChI is InChI=1S/C16H20N4O/c1-12-6-4-5-7-13(12)10-18-16(21)19-14-8-9-15(17-11-14)20(2)3/h4-9,11H,10H2,1-3H3,(H2,18,19,21). The van der Waals surface area contributed by atoms with Crippen LogP contribution in [0.3, 0.4) is 0 Å². The number of aryl methyl sites for hydroxylation is 1. The smallest absolute Gasteiger partial charge is 0.319 e. The number of anilines is 2. The molecule has 0 atom stereocenters. The maximum absolute atomic E-state index is 11.9. The van der Waals surface area contributed by atoms with E-state index < -0.39 is 0 Å². The Bertz CT molecular complexity index is 608. The number of aromatic nitrogens is 1. The fourth-order valence-corrected chi connectivity index (χ4v) is 1.88. The van der Waals surface area contributed by atoms with Crippen LogP contribution in [0, 0.1) is 6.92 Å². The minimum absolute atomic E-state index is 0.238. The van der Waals surface area contributed by atoms with Crippen molar-refractivity contribution in [2.75, 3.05) is 24.3 Å². The third-order valence-electron chi connectivity index (χ3n) is 3.16. The number of carbonyl (C=O) groups excluding carboxylic acids is 1. The largest absolute Gasteiger partial charge is 0.363 e. The van der Waals surface area contributed by atoms with Crippen molar-refractivity contribution in [3.63, 3.8) is 0 Å². The van der Waals surface area contributed by atoms with Crippen LogP contribution in [0.2, 0.25) is 0 Å². The fourth-order valence-electron chi connectivity index (χ4n) is 1.88. The zero-order valence-corrected chi connectivity index (χ0v) is 12.6. The number of urea groups is 1. The van der Waals surface area contributed by atoms with Crippen LogP contribution in [0.25, 0.3) is 0 Å². The first-order chi connectivity index (χ1) is 10.1. The average Bonchev–Trinajstić information content (AvgIpc) is 2.47. The number of rotatable bonds is 4. The van der Waals surface area contributed by atoms with Gasteiger partial charge in [0.15, 0.2) is 0 Å². The Labute approximate surface area is 125 Å². The minimum atomic E-state index is -0.238. The summed E-state index contributed by atoms with van der Waals surface area (Å²) in [6, 6.07) is 11.4. The van der Waals surface area contributed by atoms with Crippen LogP contribution >= 0.6 is 0 Å². The average molecular weight is 284 g/mol. The summed E-state index contributed by atoms with van der Waals surface area (Å²) >= 11 is 0. The van der Waals surface area contributed by atoms with Crippen LogP contribution in [-0.4, -0.2) is 25.1 Å². The Morgan fingerprint density at radius 1 is 1.19 bits per heavy atom. The maximum atomic E-state index is 11.9. The predicted octanol–water partition coefficient (Wildman–Crippen LogP) is 2.78. The summed E-state index contributed by atoms with van der Waals surface area (Å²) in [5.74, 6) is 0.848. The quantitative estimate of drug-likeness (QED) is 0.907. The first-order valence-electron chi connectivity index (χ1n) is 6.79. The number of amides is 2. The van der Waals surface area contributed by atoms with Gasteiger partial charge in [0.05, 0.1) is 11.9 Å². The molecule has 1 heterocycles. The number of hydrogen-bond acceptors (Lipinski definition) is 3. The van der Waals surface area contributed by atoms with Gasteiger partial charge in [0.25, 0.3) is 0 Å². The van der Waals surface area contributed by atoms with E-state index in [-0.39, 0.29) is 6.03 Å². The Hall–Kier alpha value is -2.56. The Balaban J connectivity index is 1.88. The van der Waals surface area contributed by atoms with Gasteiger partial charge in [-0.15, -0.1) is 0 Å². The molecule has 2 aromatic rings. The fraction of sp³-hybridized carbons (Fsp3) is 0.250. The third kappa shape index (κ3) is 4.21. The van der Waals surface area contributed by atoms with E-state index in [2.05, 4.69) is 15.6 Å². The van der Waals surface area contributed by atoms with Gasteiger partial charge in [0.1, 0.15) is 5.82 Å². The number of nitrogens with one attached hydrogen (secondary N) is 2. The van der Waals surface area contributed by atoms with Crippen LogP contribution in [0.5, 0.6) is 0 Å². The summed E-state index contributed by atoms with van der Waals surface area (Å²) in [4.78, 5) is 18.0. The first kappa shape index (κ1) is 14.8. The third-order valence-corrected chi connectivity index (χ3v) is 3.16. The number of nitrogens with zero attached hydrogens (tertiary/aromatic N) is 2. The summed E-state index contributed by atoms with van der Waals surface area (Å²) in [5, 5.41) is 5.60. The summed E-state index contributed by atoms with van der Waals surface area (Å²) in [7, 11) is 3.84. The van der Waals surface area contributed by atoms with Crippen LogP contribution in [0.4, 0.5) is 16.3 Å². The van der Waals surface area contributed by atoms with Crippen molar-refractivity contribution in [2.45, 2.75) is 13.5 Å². The van der Waals surface area contributed by atoms with Crippen molar-refractivity contribution in [3.8, 4) is 0 Å². The molecule has 110 valence electrons. The molecule has 1 aromatic carbocycles. The van der Waals surface area contributed by atoms with E-state index in [4.69, 9.17) is 0 Å². The van der Waals surface area contributed by atoms with E-state index in [0.29, 0.717) is 12.2 Å². The number of benzene rings is 1. The minimum Gasteiger partial charge on any atom is -0.363 e. The molecule has 0 aliphatic rings. The highest BCUT2D eigenvalue weighted by Gasteiger charge is 2.04. The summed E-state index contributed by atoms with van der Waals surface area (Å²) in [6.45, 7) is 2.53. The van der Waals surface area contributed by atoms with Gasteiger partial charge in [-0.25, -0.2) is 9.78 Å². The van der Waals surface area contributed by atoms with E-state index in [0.717, 1.165) is 16.9 Å². The van der Waals surface area contributed by atoms with Crippen LogP contribution in [0.15, 0.2) is 42.6 Å². The first-order valence-corrected chi connectivity index (χ1v) is 6.79. The van der Waals surface area contributed by atoms with Crippen molar-refractivity contribution in [1.82, 2.24) is 10.3 Å². The summed E-state index contributed by atoms with van der Waals surface area (Å²) in [6.07, 6.45) is 1.64. The van der Waals surface area contributed by atoms with Gasteiger partial charge in [-0.05, 0) is 30.2 Å². The van der Waals surface area contributed by atoms with Crippen LogP contribution in [-0.2, 0) is 6.54 Å². The van der Waals surface area contributed by atoms with Gasteiger partial charge in [-0.2, -0.15) is 0 Å². The van der Waals surface area contributed by atoms with Gasteiger partial charge in [-0.1, -0.05) is 24.3 Å². The molecule has 0 fully saturated rings. The molecule has 5 heteroatoms. The van der Waals surface area contributed by atoms with Crippen molar-refractivity contribution in [3.05, 3.63) is 53.7 Å². The lowest BCUT2D eigenvalue weighted by Crippen LogP contribution is -2.28. The molecular formula is C16H20N4O. The van der Waals surface area contributed by atoms with Gasteiger partial charge >= 0.3 is 6.03 Å². The number of hydrogen-bond donors (Lipinski definition) is 2. The molecule has 0 saturated carbocycles. The van der Waals surface area contributed by atoms with Gasteiger partial charge in [0, 0.05) is 20.6 Å². The molecule has 2 rings (SSSR count). The highest BCUT2D eigenvalue weighted by atomic mass is 16.2. The molecule has 0 spiro atoms. The van der Waals surface area contributed by atoms with Crippen molar-refractivity contribution >= 4 is 17.5 Å². The normalized spacial score (nSPS) is 10.0. The topological polar surface area (TPSA) is 57.3 Å². The van der Waals surface area contributed by atoms with Crippen molar-refractivity contribution in [1.29, 1.82) is 0 Å². The van der Waals surface area contributed by atoms with E-state index in [1.54, 1.807) is 6.20 Å². The van der Waals surface area contributed by atoms with Crippen molar-refractivity contribution < 1.29 is 4.79 Å². The zero-order valence-electron chi connectivity index (χ0n) is 12.6.